The number of hydrogen-bond donors (Lipinski definition) is 2. The number of carbonyl (C=O) groups is 1. The van der Waals surface area contributed by atoms with Crippen molar-refractivity contribution in [3.05, 3.63) is 28.8 Å². The largest absolute Gasteiger partial charge is 0.444 e. The smallest absolute Gasteiger partial charge is 0.412 e. The van der Waals surface area contributed by atoms with Crippen LogP contribution in [0.2, 0.25) is 5.02 Å². The van der Waals surface area contributed by atoms with Crippen molar-refractivity contribution >= 4 is 23.4 Å². The number of carbonyl (C=O) groups excluding carboxylic acids is 1. The lowest BCUT2D eigenvalue weighted by molar-refractivity contribution is 0.0635. The van der Waals surface area contributed by atoms with E-state index in [-0.39, 0.29) is 6.61 Å². The van der Waals surface area contributed by atoms with Crippen molar-refractivity contribution in [3.8, 4) is 0 Å². The molecule has 1 amide bonds. The highest BCUT2D eigenvalue weighted by Gasteiger charge is 2.25. The summed E-state index contributed by atoms with van der Waals surface area (Å²) in [6.45, 7) is 9.08. The third-order valence-corrected chi connectivity index (χ3v) is 2.98. The molecule has 0 unspecified atom stereocenters. The van der Waals surface area contributed by atoms with Crippen LogP contribution in [0.3, 0.4) is 0 Å². The number of halogens is 1. The number of nitrogens with one attached hydrogen (secondary N) is 1. The van der Waals surface area contributed by atoms with Crippen LogP contribution < -0.4 is 5.32 Å². The molecular formula is C15H22ClNO3. The van der Waals surface area contributed by atoms with Gasteiger partial charge in [0.2, 0.25) is 0 Å². The summed E-state index contributed by atoms with van der Waals surface area (Å²) in [7, 11) is 0. The number of aliphatic hydroxyl groups is 1. The first-order valence-corrected chi connectivity index (χ1v) is 6.84. The van der Waals surface area contributed by atoms with Gasteiger partial charge in [-0.25, -0.2) is 4.79 Å². The van der Waals surface area contributed by atoms with E-state index >= 15 is 0 Å². The number of amides is 1. The van der Waals surface area contributed by atoms with Gasteiger partial charge in [-0.15, -0.1) is 0 Å². The van der Waals surface area contributed by atoms with E-state index in [0.29, 0.717) is 10.7 Å². The van der Waals surface area contributed by atoms with Gasteiger partial charge in [0.05, 0.1) is 6.61 Å². The fraction of sp³-hybridized carbons (Fsp3) is 0.533. The van der Waals surface area contributed by atoms with Crippen molar-refractivity contribution in [2.75, 3.05) is 11.9 Å². The van der Waals surface area contributed by atoms with E-state index in [1.807, 2.05) is 13.8 Å². The molecule has 0 spiro atoms. The quantitative estimate of drug-likeness (QED) is 0.888. The third-order valence-electron chi connectivity index (χ3n) is 2.74. The summed E-state index contributed by atoms with van der Waals surface area (Å²) in [6.07, 6.45) is -0.533. The van der Waals surface area contributed by atoms with Gasteiger partial charge in [-0.05, 0) is 44.5 Å². The average Bonchev–Trinajstić information content (AvgIpc) is 2.29. The Morgan fingerprint density at radius 1 is 1.30 bits per heavy atom. The SMILES string of the molecule is CC(C)(C)OC(=O)Nc1ccc(Cl)cc1C(C)(C)CO. The predicted octanol–water partition coefficient (Wildman–Crippen LogP) is 3.96. The summed E-state index contributed by atoms with van der Waals surface area (Å²) in [4.78, 5) is 11.9. The first kappa shape index (κ1) is 16.8. The average molecular weight is 300 g/mol. The van der Waals surface area contributed by atoms with Crippen LogP contribution in [0.25, 0.3) is 0 Å². The summed E-state index contributed by atoms with van der Waals surface area (Å²) >= 11 is 6.00. The van der Waals surface area contributed by atoms with E-state index in [0.717, 1.165) is 5.56 Å². The predicted molar refractivity (Wildman–Crippen MR) is 81.4 cm³/mol. The highest BCUT2D eigenvalue weighted by atomic mass is 35.5. The lowest BCUT2D eigenvalue weighted by Gasteiger charge is -2.26. The molecule has 0 atom stereocenters. The molecule has 5 heteroatoms. The molecule has 0 radical (unpaired) electrons. The molecule has 0 heterocycles. The Bertz CT molecular complexity index is 492. The molecule has 0 aromatic heterocycles. The van der Waals surface area contributed by atoms with Crippen LogP contribution in [0.5, 0.6) is 0 Å². The van der Waals surface area contributed by atoms with E-state index in [4.69, 9.17) is 16.3 Å². The van der Waals surface area contributed by atoms with Crippen molar-refractivity contribution in [2.24, 2.45) is 0 Å². The summed E-state index contributed by atoms with van der Waals surface area (Å²) in [6, 6.07) is 5.13. The minimum Gasteiger partial charge on any atom is -0.444 e. The van der Waals surface area contributed by atoms with Gasteiger partial charge in [-0.1, -0.05) is 25.4 Å². The minimum absolute atomic E-state index is 0.0592. The van der Waals surface area contributed by atoms with Gasteiger partial charge in [0.15, 0.2) is 0 Å². The summed E-state index contributed by atoms with van der Waals surface area (Å²) in [5, 5.41) is 12.8. The first-order chi connectivity index (χ1) is 9.05. The number of hydrogen-bond acceptors (Lipinski definition) is 3. The Kier molecular flexibility index (Phi) is 5.05. The van der Waals surface area contributed by atoms with Crippen LogP contribution in [-0.2, 0) is 10.2 Å². The maximum Gasteiger partial charge on any atom is 0.412 e. The molecule has 1 aromatic carbocycles. The van der Waals surface area contributed by atoms with Gasteiger partial charge < -0.3 is 9.84 Å². The monoisotopic (exact) mass is 299 g/mol. The Hall–Kier alpha value is -1.26. The number of rotatable bonds is 3. The van der Waals surface area contributed by atoms with E-state index in [1.54, 1.807) is 39.0 Å². The molecule has 0 saturated carbocycles. The molecule has 0 fully saturated rings. The summed E-state index contributed by atoms with van der Waals surface area (Å²) in [5.74, 6) is 0. The van der Waals surface area contributed by atoms with Crippen molar-refractivity contribution < 1.29 is 14.6 Å². The topological polar surface area (TPSA) is 58.6 Å². The molecule has 20 heavy (non-hydrogen) atoms. The maximum atomic E-state index is 11.9. The van der Waals surface area contributed by atoms with E-state index < -0.39 is 17.1 Å². The van der Waals surface area contributed by atoms with E-state index in [2.05, 4.69) is 5.32 Å². The van der Waals surface area contributed by atoms with E-state index in [1.165, 1.54) is 0 Å². The van der Waals surface area contributed by atoms with Gasteiger partial charge in [0, 0.05) is 16.1 Å². The third kappa shape index (κ3) is 4.69. The molecule has 4 nitrogen and oxygen atoms in total. The Morgan fingerprint density at radius 3 is 2.40 bits per heavy atom. The molecule has 2 N–H and O–H groups in total. The first-order valence-electron chi connectivity index (χ1n) is 6.46. The van der Waals surface area contributed by atoms with Crippen molar-refractivity contribution in [2.45, 2.75) is 45.6 Å². The minimum atomic E-state index is -0.566. The van der Waals surface area contributed by atoms with Gasteiger partial charge in [0.25, 0.3) is 0 Å². The van der Waals surface area contributed by atoms with Crippen LogP contribution in [0.15, 0.2) is 18.2 Å². The van der Waals surface area contributed by atoms with Gasteiger partial charge in [-0.2, -0.15) is 0 Å². The van der Waals surface area contributed by atoms with Crippen LogP contribution >= 0.6 is 11.6 Å². The molecule has 1 rings (SSSR count). The normalized spacial score (nSPS) is 12.2. The molecule has 0 saturated heterocycles. The highest BCUT2D eigenvalue weighted by Crippen LogP contribution is 2.32. The lowest BCUT2D eigenvalue weighted by atomic mass is 9.84. The number of anilines is 1. The Labute approximate surface area is 125 Å². The second-order valence-electron chi connectivity index (χ2n) is 6.36. The summed E-state index contributed by atoms with van der Waals surface area (Å²) in [5.41, 5.74) is 0.263. The molecule has 1 aromatic rings. The van der Waals surface area contributed by atoms with Crippen LogP contribution in [-0.4, -0.2) is 23.4 Å². The molecule has 112 valence electrons. The molecular weight excluding hydrogens is 278 g/mol. The van der Waals surface area contributed by atoms with Gasteiger partial charge in [0.1, 0.15) is 5.60 Å². The fourth-order valence-electron chi connectivity index (χ4n) is 1.68. The second-order valence-corrected chi connectivity index (χ2v) is 6.80. The number of aliphatic hydroxyl groups excluding tert-OH is 1. The highest BCUT2D eigenvalue weighted by molar-refractivity contribution is 6.30. The van der Waals surface area contributed by atoms with Crippen LogP contribution in [0, 0.1) is 0 Å². The maximum absolute atomic E-state index is 11.9. The van der Waals surface area contributed by atoms with Gasteiger partial charge in [-0.3, -0.25) is 5.32 Å². The molecule has 0 aliphatic carbocycles. The standard InChI is InChI=1S/C15H22ClNO3/c1-14(2,3)20-13(19)17-12-7-6-10(16)8-11(12)15(4,5)9-18/h6-8,18H,9H2,1-5H3,(H,17,19). The number of benzene rings is 1. The molecule has 0 aliphatic heterocycles. The molecule has 0 aliphatic rings. The van der Waals surface area contributed by atoms with Crippen molar-refractivity contribution in [3.63, 3.8) is 0 Å². The van der Waals surface area contributed by atoms with Crippen LogP contribution in [0.4, 0.5) is 10.5 Å². The Morgan fingerprint density at radius 2 is 1.90 bits per heavy atom. The zero-order valence-electron chi connectivity index (χ0n) is 12.6. The fourth-order valence-corrected chi connectivity index (χ4v) is 1.86. The molecule has 0 bridgehead atoms. The van der Waals surface area contributed by atoms with Gasteiger partial charge >= 0.3 is 6.09 Å². The second kappa shape index (κ2) is 6.02. The van der Waals surface area contributed by atoms with E-state index in [9.17, 15) is 9.90 Å². The summed E-state index contributed by atoms with van der Waals surface area (Å²) < 4.78 is 5.23. The number of ether oxygens (including phenoxy) is 1. The lowest BCUT2D eigenvalue weighted by Crippen LogP contribution is -2.29. The zero-order valence-corrected chi connectivity index (χ0v) is 13.3. The van der Waals surface area contributed by atoms with Crippen LogP contribution in [0.1, 0.15) is 40.2 Å². The Balaban J connectivity index is 3.04. The zero-order chi connectivity index (χ0) is 15.6. The van der Waals surface area contributed by atoms with Crippen molar-refractivity contribution in [1.29, 1.82) is 0 Å². The van der Waals surface area contributed by atoms with Crippen molar-refractivity contribution in [1.82, 2.24) is 0 Å².